The van der Waals surface area contributed by atoms with Crippen LogP contribution < -0.4 is 9.47 Å². The highest BCUT2D eigenvalue weighted by Gasteiger charge is 2.20. The van der Waals surface area contributed by atoms with Crippen LogP contribution in [0.2, 0.25) is 0 Å². The van der Waals surface area contributed by atoms with Crippen LogP contribution in [0.4, 0.5) is 5.82 Å². The summed E-state index contributed by atoms with van der Waals surface area (Å²) in [6.07, 6.45) is 1.32. The number of ether oxygens (including phenoxy) is 4. The molecule has 32 heavy (non-hydrogen) atoms. The van der Waals surface area contributed by atoms with Gasteiger partial charge in [-0.3, -0.25) is 4.18 Å². The zero-order valence-electron chi connectivity index (χ0n) is 17.9. The van der Waals surface area contributed by atoms with Crippen molar-refractivity contribution in [3.8, 4) is 11.5 Å². The number of hydrogen-bond donors (Lipinski definition) is 0. The van der Waals surface area contributed by atoms with Gasteiger partial charge in [0.1, 0.15) is 30.1 Å². The summed E-state index contributed by atoms with van der Waals surface area (Å²) >= 11 is 0. The summed E-state index contributed by atoms with van der Waals surface area (Å²) < 4.78 is 50.8. The van der Waals surface area contributed by atoms with E-state index in [2.05, 4.69) is 4.98 Å². The molecule has 0 radical (unpaired) electrons. The fourth-order valence-corrected chi connectivity index (χ4v) is 3.56. The van der Waals surface area contributed by atoms with E-state index in [0.29, 0.717) is 0 Å². The minimum Gasteiger partial charge on any atom is -0.490 e. The van der Waals surface area contributed by atoms with E-state index in [0.717, 1.165) is 5.56 Å². The second kappa shape index (κ2) is 12.9. The molecule has 1 aromatic heterocycles. The van der Waals surface area contributed by atoms with E-state index in [1.807, 2.05) is 6.92 Å². The first kappa shape index (κ1) is 25.5. The van der Waals surface area contributed by atoms with Gasteiger partial charge in [-0.2, -0.15) is 8.42 Å². The molecule has 2 aromatic rings. The number of benzene rings is 1. The largest absolute Gasteiger partial charge is 0.490 e. The Morgan fingerprint density at radius 3 is 2.22 bits per heavy atom. The third-order valence-corrected chi connectivity index (χ3v) is 5.33. The summed E-state index contributed by atoms with van der Waals surface area (Å²) in [4.78, 5) is 13.9. The fraction of sp³-hybridized carbons (Fsp3) is 0.450. The number of aryl methyl sites for hydroxylation is 1. The van der Waals surface area contributed by atoms with Gasteiger partial charge in [0.2, 0.25) is 5.75 Å². The molecule has 1 aromatic carbocycles. The van der Waals surface area contributed by atoms with Crippen molar-refractivity contribution in [1.82, 2.24) is 4.98 Å². The average Bonchev–Trinajstić information content (AvgIpc) is 2.75. The molecule has 0 aliphatic rings. The summed E-state index contributed by atoms with van der Waals surface area (Å²) in [5.74, 6) is -0.0574. The highest BCUT2D eigenvalue weighted by molar-refractivity contribution is 7.86. The predicted molar refractivity (Wildman–Crippen MR) is 114 cm³/mol. The lowest BCUT2D eigenvalue weighted by Crippen LogP contribution is -2.15. The molecule has 1 heterocycles. The summed E-state index contributed by atoms with van der Waals surface area (Å²) in [6.45, 7) is 4.73. The number of nitrogens with zero attached hydrogens (tertiary/aromatic N) is 2. The van der Waals surface area contributed by atoms with E-state index < -0.39 is 15.0 Å². The van der Waals surface area contributed by atoms with Gasteiger partial charge in [-0.15, -0.1) is 0 Å². The Balaban J connectivity index is 1.64. The average molecular weight is 471 g/mol. The first-order valence-corrected chi connectivity index (χ1v) is 11.3. The molecule has 0 bridgehead atoms. The molecule has 0 fully saturated rings. The van der Waals surface area contributed by atoms with Crippen LogP contribution in [0.25, 0.3) is 0 Å². The van der Waals surface area contributed by atoms with Crippen LogP contribution in [0.3, 0.4) is 0 Å². The Bertz CT molecular complexity index is 983. The van der Waals surface area contributed by atoms with Crippen molar-refractivity contribution < 1.29 is 36.5 Å². The van der Waals surface area contributed by atoms with Crippen molar-refractivity contribution in [2.75, 3.05) is 46.2 Å². The quantitative estimate of drug-likeness (QED) is 0.165. The molecule has 0 aliphatic carbocycles. The van der Waals surface area contributed by atoms with Crippen molar-refractivity contribution in [3.63, 3.8) is 0 Å². The lowest BCUT2D eigenvalue weighted by Gasteiger charge is -2.13. The molecule has 0 amide bonds. The Morgan fingerprint density at radius 2 is 1.59 bits per heavy atom. The second-order valence-corrected chi connectivity index (χ2v) is 7.90. The third-order valence-electron chi connectivity index (χ3n) is 3.91. The van der Waals surface area contributed by atoms with Crippen LogP contribution in [-0.4, -0.2) is 64.6 Å². The Kier molecular flexibility index (Phi) is 10.3. The van der Waals surface area contributed by atoms with Gasteiger partial charge in [0.05, 0.1) is 33.0 Å². The number of nitro groups is 1. The lowest BCUT2D eigenvalue weighted by atomic mass is 10.2. The second-order valence-electron chi connectivity index (χ2n) is 6.31. The molecule has 0 aliphatic heterocycles. The molecule has 12 heteroatoms. The van der Waals surface area contributed by atoms with E-state index in [1.165, 1.54) is 18.3 Å². The van der Waals surface area contributed by atoms with Crippen molar-refractivity contribution >= 4 is 15.9 Å². The molecule has 0 N–H and O–H groups in total. The zero-order valence-corrected chi connectivity index (χ0v) is 18.7. The Labute approximate surface area is 186 Å². The molecule has 0 saturated heterocycles. The number of pyridine rings is 1. The maximum absolute atomic E-state index is 12.2. The maximum atomic E-state index is 12.2. The van der Waals surface area contributed by atoms with Crippen molar-refractivity contribution in [3.05, 3.63) is 52.2 Å². The zero-order chi connectivity index (χ0) is 23.4. The highest BCUT2D eigenvalue weighted by Crippen LogP contribution is 2.26. The first-order chi connectivity index (χ1) is 15.3. The van der Waals surface area contributed by atoms with Gasteiger partial charge in [0.15, 0.2) is 0 Å². The van der Waals surface area contributed by atoms with Crippen molar-refractivity contribution in [2.24, 2.45) is 0 Å². The topological polar surface area (TPSA) is 136 Å². The van der Waals surface area contributed by atoms with Crippen LogP contribution in [0.15, 0.2) is 41.4 Å². The van der Waals surface area contributed by atoms with Gasteiger partial charge in [-0.05, 0) is 53.6 Å². The monoisotopic (exact) mass is 470 g/mol. The fourth-order valence-electron chi connectivity index (χ4n) is 2.53. The predicted octanol–water partition coefficient (Wildman–Crippen LogP) is 2.51. The molecule has 0 atom stereocenters. The third kappa shape index (κ3) is 8.04. The molecule has 0 unspecified atom stereocenters. The van der Waals surface area contributed by atoms with E-state index in [9.17, 15) is 18.5 Å². The van der Waals surface area contributed by atoms with Crippen LogP contribution in [0, 0.1) is 17.0 Å². The molecule has 0 spiro atoms. The van der Waals surface area contributed by atoms with Crippen molar-refractivity contribution in [2.45, 2.75) is 18.7 Å². The van der Waals surface area contributed by atoms with Crippen molar-refractivity contribution in [1.29, 1.82) is 0 Å². The minimum atomic E-state index is -3.88. The van der Waals surface area contributed by atoms with E-state index in [1.54, 1.807) is 25.1 Å². The summed E-state index contributed by atoms with van der Waals surface area (Å²) in [5.41, 5.74) is 0.851. The van der Waals surface area contributed by atoms with Crippen LogP contribution in [0.5, 0.6) is 11.5 Å². The van der Waals surface area contributed by atoms with Gasteiger partial charge in [0.25, 0.3) is 0 Å². The standard InChI is InChI=1S/C20H26N2O9S/c1-3-31-32(25,26)19-7-6-16(2)15-18(19)30-14-12-28-10-9-27-11-13-29-17-5-4-8-21-20(17)22(23)24/h4-8,15H,3,9-14H2,1-2H3. The van der Waals surface area contributed by atoms with Crippen LogP contribution in [-0.2, 0) is 23.8 Å². The van der Waals surface area contributed by atoms with E-state index in [-0.39, 0.29) is 68.5 Å². The smallest absolute Gasteiger partial charge is 0.406 e. The highest BCUT2D eigenvalue weighted by atomic mass is 32.2. The van der Waals surface area contributed by atoms with Crippen LogP contribution >= 0.6 is 0 Å². The minimum absolute atomic E-state index is 0.0258. The van der Waals surface area contributed by atoms with Gasteiger partial charge in [-0.25, -0.2) is 0 Å². The molecule has 11 nitrogen and oxygen atoms in total. The van der Waals surface area contributed by atoms with Gasteiger partial charge in [0, 0.05) is 0 Å². The first-order valence-electron chi connectivity index (χ1n) is 9.85. The van der Waals surface area contributed by atoms with E-state index >= 15 is 0 Å². The normalized spacial score (nSPS) is 11.3. The number of aromatic nitrogens is 1. The SMILES string of the molecule is CCOS(=O)(=O)c1ccc(C)cc1OCCOCCOCCOc1cccnc1[N+](=O)[O-]. The number of rotatable bonds is 15. The summed E-state index contributed by atoms with van der Waals surface area (Å²) in [6, 6.07) is 7.76. The van der Waals surface area contributed by atoms with Gasteiger partial charge >= 0.3 is 15.9 Å². The Hall–Kier alpha value is -2.80. The summed E-state index contributed by atoms with van der Waals surface area (Å²) in [5, 5.41) is 10.9. The van der Waals surface area contributed by atoms with E-state index in [4.69, 9.17) is 23.1 Å². The molecule has 2 rings (SSSR count). The molecule has 176 valence electrons. The Morgan fingerprint density at radius 1 is 0.969 bits per heavy atom. The van der Waals surface area contributed by atoms with Gasteiger partial charge < -0.3 is 29.1 Å². The molecular formula is C20H26N2O9S. The molecule has 0 saturated carbocycles. The van der Waals surface area contributed by atoms with Crippen LogP contribution in [0.1, 0.15) is 12.5 Å². The summed E-state index contributed by atoms with van der Waals surface area (Å²) in [7, 11) is -3.88. The lowest BCUT2D eigenvalue weighted by molar-refractivity contribution is -0.390. The van der Waals surface area contributed by atoms with Gasteiger partial charge in [-0.1, -0.05) is 6.07 Å². The molecular weight excluding hydrogens is 444 g/mol. The maximum Gasteiger partial charge on any atom is 0.406 e. The number of hydrogen-bond acceptors (Lipinski definition) is 10.